The molecule has 2 aromatic carbocycles. The predicted octanol–water partition coefficient (Wildman–Crippen LogP) is 4.52. The minimum absolute atomic E-state index is 0.00921. The highest BCUT2D eigenvalue weighted by Crippen LogP contribution is 2.35. The molecule has 1 amide bonds. The fraction of sp³-hybridized carbons (Fsp3) is 0.409. The molecule has 4 nitrogen and oxygen atoms in total. The number of rotatable bonds is 7. The van der Waals surface area contributed by atoms with E-state index >= 15 is 0 Å². The molecule has 3 N–H and O–H groups in total. The summed E-state index contributed by atoms with van der Waals surface area (Å²) in [7, 11) is 0. The Labute approximate surface area is 168 Å². The number of fused-ring (bicyclic) bond motifs is 1. The molecule has 2 unspecified atom stereocenters. The molecule has 1 aliphatic carbocycles. The van der Waals surface area contributed by atoms with Gasteiger partial charge in [0.15, 0.2) is 6.10 Å². The van der Waals surface area contributed by atoms with Crippen LogP contribution in [0.1, 0.15) is 54.5 Å². The standard InChI is InChI=1S/C22H25F3N2O2/c1-2-5-20(21(28)27-19-11-9-14-6-3-4-7-17(14)19)29-16-10-8-15(13-26)18(12-16)22(23,24)25/h3-4,6-8,10,12,19-20H,2,5,9,11,13,26H2,1H3,(H,27,28). The minimum atomic E-state index is -4.54. The van der Waals surface area contributed by atoms with Gasteiger partial charge >= 0.3 is 6.18 Å². The van der Waals surface area contributed by atoms with Gasteiger partial charge in [-0.1, -0.05) is 43.7 Å². The molecule has 0 heterocycles. The molecular formula is C22H25F3N2O2. The Morgan fingerprint density at radius 1 is 1.28 bits per heavy atom. The van der Waals surface area contributed by atoms with Crippen molar-refractivity contribution < 1.29 is 22.7 Å². The summed E-state index contributed by atoms with van der Waals surface area (Å²) < 4.78 is 45.5. The zero-order valence-corrected chi connectivity index (χ0v) is 16.3. The van der Waals surface area contributed by atoms with E-state index in [1.54, 1.807) is 0 Å². The first kappa shape index (κ1) is 21.2. The lowest BCUT2D eigenvalue weighted by Crippen LogP contribution is -2.39. The average Bonchev–Trinajstić information content (AvgIpc) is 3.10. The number of carbonyl (C=O) groups excluding carboxylic acids is 1. The second-order valence-corrected chi connectivity index (χ2v) is 7.21. The number of amides is 1. The normalized spacial score (nSPS) is 16.9. The van der Waals surface area contributed by atoms with Crippen LogP contribution in [0.25, 0.3) is 0 Å². The Bertz CT molecular complexity index is 867. The number of hydrogen-bond donors (Lipinski definition) is 2. The molecule has 29 heavy (non-hydrogen) atoms. The number of nitrogens with two attached hydrogens (primary N) is 1. The van der Waals surface area contributed by atoms with E-state index in [-0.39, 0.29) is 29.8 Å². The van der Waals surface area contributed by atoms with E-state index < -0.39 is 17.8 Å². The summed E-state index contributed by atoms with van der Waals surface area (Å²) in [6.07, 6.45) is -2.66. The van der Waals surface area contributed by atoms with Crippen molar-refractivity contribution in [3.05, 3.63) is 64.7 Å². The van der Waals surface area contributed by atoms with Crippen LogP contribution in [0, 0.1) is 0 Å². The second-order valence-electron chi connectivity index (χ2n) is 7.21. The van der Waals surface area contributed by atoms with Gasteiger partial charge in [-0.15, -0.1) is 0 Å². The molecule has 7 heteroatoms. The quantitative estimate of drug-likeness (QED) is 0.711. The van der Waals surface area contributed by atoms with Gasteiger partial charge in [0.1, 0.15) is 5.75 Å². The Morgan fingerprint density at radius 3 is 2.72 bits per heavy atom. The van der Waals surface area contributed by atoms with Crippen molar-refractivity contribution >= 4 is 5.91 Å². The molecule has 0 fully saturated rings. The lowest BCUT2D eigenvalue weighted by atomic mass is 10.1. The van der Waals surface area contributed by atoms with Crippen molar-refractivity contribution in [1.82, 2.24) is 5.32 Å². The molecular weight excluding hydrogens is 381 g/mol. The van der Waals surface area contributed by atoms with Crippen LogP contribution in [0.5, 0.6) is 5.75 Å². The van der Waals surface area contributed by atoms with E-state index in [2.05, 4.69) is 5.32 Å². The van der Waals surface area contributed by atoms with Crippen molar-refractivity contribution in [1.29, 1.82) is 0 Å². The molecule has 156 valence electrons. The van der Waals surface area contributed by atoms with Crippen LogP contribution in [0.2, 0.25) is 0 Å². The summed E-state index contributed by atoms with van der Waals surface area (Å²) in [5, 5.41) is 3.00. The molecule has 0 bridgehead atoms. The number of aryl methyl sites for hydroxylation is 1. The topological polar surface area (TPSA) is 64.3 Å². The largest absolute Gasteiger partial charge is 0.481 e. The number of nitrogens with one attached hydrogen (secondary N) is 1. The van der Waals surface area contributed by atoms with Crippen LogP contribution in [-0.4, -0.2) is 12.0 Å². The monoisotopic (exact) mass is 406 g/mol. The Kier molecular flexibility index (Phi) is 6.47. The summed E-state index contributed by atoms with van der Waals surface area (Å²) in [6.45, 7) is 1.67. The van der Waals surface area contributed by atoms with Gasteiger partial charge in [0, 0.05) is 6.54 Å². The highest BCUT2D eigenvalue weighted by atomic mass is 19.4. The van der Waals surface area contributed by atoms with Crippen LogP contribution < -0.4 is 15.8 Å². The third kappa shape index (κ3) is 4.90. The van der Waals surface area contributed by atoms with Crippen LogP contribution in [0.4, 0.5) is 13.2 Å². The maximum Gasteiger partial charge on any atom is 0.416 e. The molecule has 0 saturated heterocycles. The predicted molar refractivity (Wildman–Crippen MR) is 104 cm³/mol. The fourth-order valence-corrected chi connectivity index (χ4v) is 3.71. The van der Waals surface area contributed by atoms with Crippen molar-refractivity contribution in [2.75, 3.05) is 0 Å². The maximum atomic E-state index is 13.3. The molecule has 0 saturated carbocycles. The van der Waals surface area contributed by atoms with Gasteiger partial charge in [-0.2, -0.15) is 13.2 Å². The van der Waals surface area contributed by atoms with Gasteiger partial charge in [-0.25, -0.2) is 0 Å². The number of halogens is 3. The lowest BCUT2D eigenvalue weighted by Gasteiger charge is -2.22. The van der Waals surface area contributed by atoms with Crippen LogP contribution in [0.15, 0.2) is 42.5 Å². The Morgan fingerprint density at radius 2 is 2.03 bits per heavy atom. The van der Waals surface area contributed by atoms with E-state index in [0.717, 1.165) is 24.5 Å². The maximum absolute atomic E-state index is 13.3. The first-order valence-electron chi connectivity index (χ1n) is 9.78. The van der Waals surface area contributed by atoms with E-state index in [4.69, 9.17) is 10.5 Å². The second kappa shape index (κ2) is 8.86. The van der Waals surface area contributed by atoms with Crippen molar-refractivity contribution in [2.24, 2.45) is 5.73 Å². The third-order valence-corrected chi connectivity index (χ3v) is 5.18. The molecule has 0 aromatic heterocycles. The Hall–Kier alpha value is -2.54. The molecule has 2 aromatic rings. The minimum Gasteiger partial charge on any atom is -0.481 e. The zero-order valence-electron chi connectivity index (χ0n) is 16.3. The Balaban J connectivity index is 1.76. The van der Waals surface area contributed by atoms with Gasteiger partial charge in [0.05, 0.1) is 11.6 Å². The fourth-order valence-electron chi connectivity index (χ4n) is 3.71. The van der Waals surface area contributed by atoms with Gasteiger partial charge in [-0.05, 0) is 48.1 Å². The van der Waals surface area contributed by atoms with Gasteiger partial charge in [-0.3, -0.25) is 4.79 Å². The van der Waals surface area contributed by atoms with Crippen molar-refractivity contribution in [3.8, 4) is 5.75 Å². The summed E-state index contributed by atoms with van der Waals surface area (Å²) in [4.78, 5) is 12.8. The van der Waals surface area contributed by atoms with Crippen molar-refractivity contribution in [2.45, 2.75) is 57.5 Å². The number of ether oxygens (including phenoxy) is 1. The first-order valence-corrected chi connectivity index (χ1v) is 9.78. The highest BCUT2D eigenvalue weighted by Gasteiger charge is 2.34. The van der Waals surface area contributed by atoms with Gasteiger partial charge < -0.3 is 15.8 Å². The summed E-state index contributed by atoms with van der Waals surface area (Å²) in [5.41, 5.74) is 6.87. The number of alkyl halides is 3. The molecule has 0 radical (unpaired) electrons. The summed E-state index contributed by atoms with van der Waals surface area (Å²) in [6, 6.07) is 11.5. The first-order chi connectivity index (χ1) is 13.8. The number of hydrogen-bond acceptors (Lipinski definition) is 3. The van der Waals surface area contributed by atoms with Crippen LogP contribution in [0.3, 0.4) is 0 Å². The summed E-state index contributed by atoms with van der Waals surface area (Å²) >= 11 is 0. The third-order valence-electron chi connectivity index (χ3n) is 5.18. The van der Waals surface area contributed by atoms with Gasteiger partial charge in [0.25, 0.3) is 5.91 Å². The molecule has 1 aliphatic rings. The summed E-state index contributed by atoms with van der Waals surface area (Å²) in [5.74, 6) is -0.306. The number of benzene rings is 2. The SMILES string of the molecule is CCCC(Oc1ccc(CN)c(C(F)(F)F)c1)C(=O)NC1CCc2ccccc21. The van der Waals surface area contributed by atoms with E-state index in [9.17, 15) is 18.0 Å². The molecule has 3 rings (SSSR count). The molecule has 0 spiro atoms. The van der Waals surface area contributed by atoms with Crippen molar-refractivity contribution in [3.63, 3.8) is 0 Å². The van der Waals surface area contributed by atoms with Gasteiger partial charge in [0.2, 0.25) is 0 Å². The highest BCUT2D eigenvalue weighted by molar-refractivity contribution is 5.81. The average molecular weight is 406 g/mol. The van der Waals surface area contributed by atoms with E-state index in [1.807, 2.05) is 31.2 Å². The van der Waals surface area contributed by atoms with Crippen LogP contribution >= 0.6 is 0 Å². The van der Waals surface area contributed by atoms with Crippen LogP contribution in [-0.2, 0) is 23.9 Å². The van der Waals surface area contributed by atoms with E-state index in [1.165, 1.54) is 17.7 Å². The smallest absolute Gasteiger partial charge is 0.416 e. The van der Waals surface area contributed by atoms with E-state index in [0.29, 0.717) is 12.8 Å². The lowest BCUT2D eigenvalue weighted by molar-refractivity contribution is -0.138. The molecule has 0 aliphatic heterocycles. The molecule has 2 atom stereocenters. The zero-order chi connectivity index (χ0) is 21.0. The number of carbonyl (C=O) groups is 1.